The Balaban J connectivity index is 3.33. The van der Waals surface area contributed by atoms with E-state index in [0.717, 1.165) is 12.1 Å². The fraction of sp³-hybridized carbons (Fsp3) is 0.500. The van der Waals surface area contributed by atoms with Gasteiger partial charge in [-0.05, 0) is 5.56 Å². The van der Waals surface area contributed by atoms with E-state index in [4.69, 9.17) is 0 Å². The van der Waals surface area contributed by atoms with Gasteiger partial charge < -0.3 is 0 Å². The SMILES string of the molecule is FC(F)(F)N(CC(ON(C(F)(F)F)C(F)(F)F)c1ccccc1)C(F)(F)F. The molecule has 0 radical (unpaired) electrons. The van der Waals surface area contributed by atoms with Crippen molar-refractivity contribution in [3.8, 4) is 0 Å². The van der Waals surface area contributed by atoms with Crippen molar-refractivity contribution in [3.63, 3.8) is 0 Å². The minimum atomic E-state index is -6.29. The van der Waals surface area contributed by atoms with Gasteiger partial charge in [-0.25, -0.2) is 0 Å². The Morgan fingerprint density at radius 1 is 0.667 bits per heavy atom. The van der Waals surface area contributed by atoms with E-state index in [1.165, 1.54) is 6.07 Å². The molecule has 0 aromatic heterocycles. The zero-order valence-electron chi connectivity index (χ0n) is 12.5. The summed E-state index contributed by atoms with van der Waals surface area (Å²) in [5, 5.41) is -2.57. The molecule has 0 N–H and O–H groups in total. The van der Waals surface area contributed by atoms with Gasteiger partial charge >= 0.3 is 25.2 Å². The van der Waals surface area contributed by atoms with E-state index in [1.807, 2.05) is 0 Å². The number of halogens is 12. The minimum Gasteiger partial charge on any atom is -0.275 e. The van der Waals surface area contributed by atoms with Crippen molar-refractivity contribution < 1.29 is 57.5 Å². The Labute approximate surface area is 142 Å². The molecule has 1 atom stereocenters. The van der Waals surface area contributed by atoms with Gasteiger partial charge in [0.05, 0.1) is 0 Å². The lowest BCUT2D eigenvalue weighted by Crippen LogP contribution is -2.53. The third-order valence-corrected chi connectivity index (χ3v) is 2.83. The Morgan fingerprint density at radius 2 is 1.07 bits per heavy atom. The molecule has 156 valence electrons. The molecular weight excluding hydrogens is 416 g/mol. The van der Waals surface area contributed by atoms with Crippen LogP contribution in [0.4, 0.5) is 52.7 Å². The maximum absolute atomic E-state index is 12.6. The minimum absolute atomic E-state index is 0.709. The number of alkyl halides is 12. The van der Waals surface area contributed by atoms with Crippen LogP contribution in [0.25, 0.3) is 0 Å². The second kappa shape index (κ2) is 7.71. The van der Waals surface area contributed by atoms with Gasteiger partial charge in [0.2, 0.25) is 0 Å². The lowest BCUT2D eigenvalue weighted by molar-refractivity contribution is -0.496. The molecule has 0 spiro atoms. The molecule has 0 aliphatic carbocycles. The Morgan fingerprint density at radius 3 is 1.41 bits per heavy atom. The number of benzene rings is 1. The zero-order valence-corrected chi connectivity index (χ0v) is 12.5. The molecule has 0 aliphatic rings. The molecule has 1 unspecified atom stereocenters. The Bertz CT molecular complexity index is 530. The van der Waals surface area contributed by atoms with E-state index in [1.54, 1.807) is 0 Å². The molecule has 1 aromatic carbocycles. The van der Waals surface area contributed by atoms with Crippen molar-refractivity contribution in [2.45, 2.75) is 31.3 Å². The average Bonchev–Trinajstić information content (AvgIpc) is 2.42. The molecule has 0 bridgehead atoms. The maximum Gasteiger partial charge on any atom is 0.490 e. The normalized spacial score (nSPS) is 15.5. The van der Waals surface area contributed by atoms with E-state index in [2.05, 4.69) is 4.84 Å². The van der Waals surface area contributed by atoms with Crippen LogP contribution in [0.15, 0.2) is 30.3 Å². The number of hydroxylamine groups is 2. The van der Waals surface area contributed by atoms with Crippen LogP contribution >= 0.6 is 0 Å². The van der Waals surface area contributed by atoms with Gasteiger partial charge in [0.25, 0.3) is 0 Å². The zero-order chi connectivity index (χ0) is 21.3. The second-order valence-corrected chi connectivity index (χ2v) is 4.78. The maximum atomic E-state index is 12.6. The first-order chi connectivity index (χ1) is 11.9. The number of hydrogen-bond acceptors (Lipinski definition) is 3. The van der Waals surface area contributed by atoms with E-state index in [-0.39, 0.29) is 0 Å². The van der Waals surface area contributed by atoms with Gasteiger partial charge in [0, 0.05) is 11.6 Å². The average molecular weight is 424 g/mol. The summed E-state index contributed by atoms with van der Waals surface area (Å²) < 4.78 is 151. The summed E-state index contributed by atoms with van der Waals surface area (Å²) in [7, 11) is 0. The third kappa shape index (κ3) is 6.73. The van der Waals surface area contributed by atoms with Crippen LogP contribution < -0.4 is 0 Å². The number of hydrogen-bond donors (Lipinski definition) is 0. The van der Waals surface area contributed by atoms with Crippen molar-refractivity contribution in [1.29, 1.82) is 0 Å². The topological polar surface area (TPSA) is 15.7 Å². The van der Waals surface area contributed by atoms with Gasteiger partial charge in [-0.3, -0.25) is 4.84 Å². The van der Waals surface area contributed by atoms with E-state index < -0.39 is 53.4 Å². The van der Waals surface area contributed by atoms with E-state index in [0.29, 0.717) is 12.1 Å². The first-order valence-corrected chi connectivity index (χ1v) is 6.50. The molecule has 0 aliphatic heterocycles. The van der Waals surface area contributed by atoms with Crippen molar-refractivity contribution in [2.24, 2.45) is 0 Å². The summed E-state index contributed by atoms with van der Waals surface area (Å²) in [6.07, 6.45) is -27.8. The smallest absolute Gasteiger partial charge is 0.275 e. The Hall–Kier alpha value is -1.74. The highest BCUT2D eigenvalue weighted by atomic mass is 19.4. The molecule has 15 heteroatoms. The molecule has 1 rings (SSSR count). The van der Waals surface area contributed by atoms with Crippen molar-refractivity contribution in [2.75, 3.05) is 6.54 Å². The number of rotatable bonds is 5. The quantitative estimate of drug-likeness (QED) is 0.361. The molecule has 0 fully saturated rings. The summed E-state index contributed by atoms with van der Waals surface area (Å²) in [6.45, 7) is -2.42. The van der Waals surface area contributed by atoms with Gasteiger partial charge in [-0.1, -0.05) is 30.3 Å². The first-order valence-electron chi connectivity index (χ1n) is 6.50. The van der Waals surface area contributed by atoms with Gasteiger partial charge in [-0.2, -0.15) is 52.7 Å². The van der Waals surface area contributed by atoms with Crippen molar-refractivity contribution in [1.82, 2.24) is 9.96 Å². The lowest BCUT2D eigenvalue weighted by Gasteiger charge is -2.33. The predicted molar refractivity (Wildman–Crippen MR) is 63.0 cm³/mol. The van der Waals surface area contributed by atoms with Crippen molar-refractivity contribution in [3.05, 3.63) is 35.9 Å². The standard InChI is InChI=1S/C12H8F12N2O/c13-9(14,15)25(10(16,17)18)6-8(7-4-2-1-3-5-7)27-26(11(19,20)21)12(22,23)24/h1-5,8H,6H2. The summed E-state index contributed by atoms with van der Waals surface area (Å²) in [6, 6.07) is 4.55. The highest BCUT2D eigenvalue weighted by Gasteiger charge is 2.59. The van der Waals surface area contributed by atoms with Crippen LogP contribution in [0.3, 0.4) is 0 Å². The highest BCUT2D eigenvalue weighted by Crippen LogP contribution is 2.40. The van der Waals surface area contributed by atoms with E-state index in [9.17, 15) is 52.7 Å². The fourth-order valence-corrected chi connectivity index (χ4v) is 1.77. The van der Waals surface area contributed by atoms with Gasteiger partial charge in [0.1, 0.15) is 6.10 Å². The summed E-state index contributed by atoms with van der Waals surface area (Å²) in [5.41, 5.74) is -0.783. The second-order valence-electron chi connectivity index (χ2n) is 4.78. The van der Waals surface area contributed by atoms with Crippen LogP contribution in [0.5, 0.6) is 0 Å². The fourth-order valence-electron chi connectivity index (χ4n) is 1.77. The predicted octanol–water partition coefficient (Wildman–Crippen LogP) is 5.34. The van der Waals surface area contributed by atoms with Crippen LogP contribution in [0.1, 0.15) is 11.7 Å². The van der Waals surface area contributed by atoms with Gasteiger partial charge in [-0.15, -0.1) is 4.90 Å². The molecule has 3 nitrogen and oxygen atoms in total. The molecule has 0 saturated carbocycles. The van der Waals surface area contributed by atoms with E-state index >= 15 is 0 Å². The third-order valence-electron chi connectivity index (χ3n) is 2.83. The molecule has 1 aromatic rings. The van der Waals surface area contributed by atoms with Crippen LogP contribution in [0.2, 0.25) is 0 Å². The Kier molecular flexibility index (Phi) is 6.65. The lowest BCUT2D eigenvalue weighted by atomic mass is 10.1. The molecule has 0 heterocycles. The summed E-state index contributed by atoms with van der Waals surface area (Å²) in [5.74, 6) is 0. The molecule has 27 heavy (non-hydrogen) atoms. The molecule has 0 amide bonds. The first kappa shape index (κ1) is 23.3. The van der Waals surface area contributed by atoms with Crippen molar-refractivity contribution >= 4 is 0 Å². The molecule has 0 saturated heterocycles. The number of nitrogens with zero attached hydrogens (tertiary/aromatic N) is 2. The summed E-state index contributed by atoms with van der Waals surface area (Å²) in [4.78, 5) is 1.34. The molecular formula is C12H8F12N2O. The van der Waals surface area contributed by atoms with Crippen LogP contribution in [0, 0.1) is 0 Å². The summed E-state index contributed by atoms with van der Waals surface area (Å²) >= 11 is 0. The van der Waals surface area contributed by atoms with Crippen LogP contribution in [-0.2, 0) is 4.84 Å². The highest BCUT2D eigenvalue weighted by molar-refractivity contribution is 5.18. The monoisotopic (exact) mass is 424 g/mol. The van der Waals surface area contributed by atoms with Gasteiger partial charge in [0.15, 0.2) is 0 Å². The largest absolute Gasteiger partial charge is 0.490 e. The van der Waals surface area contributed by atoms with Crippen LogP contribution in [-0.4, -0.2) is 41.7 Å².